The predicted octanol–water partition coefficient (Wildman–Crippen LogP) is 3.86. The first-order valence-corrected chi connectivity index (χ1v) is 15.5. The summed E-state index contributed by atoms with van der Waals surface area (Å²) in [5, 5.41) is 9.70. The van der Waals surface area contributed by atoms with Crippen LogP contribution >= 0.6 is 0 Å². The molecule has 3 amide bonds. The van der Waals surface area contributed by atoms with Crippen LogP contribution in [0, 0.1) is 5.92 Å². The summed E-state index contributed by atoms with van der Waals surface area (Å²) in [5.74, 6) is -3.49. The van der Waals surface area contributed by atoms with Gasteiger partial charge in [-0.1, -0.05) is 92.8 Å². The molecule has 0 spiro atoms. The summed E-state index contributed by atoms with van der Waals surface area (Å²) in [7, 11) is 0. The quantitative estimate of drug-likeness (QED) is 0.174. The van der Waals surface area contributed by atoms with Crippen molar-refractivity contribution in [1.29, 1.82) is 0 Å². The Bertz CT molecular complexity index is 1470. The van der Waals surface area contributed by atoms with Gasteiger partial charge in [-0.15, -0.1) is 0 Å². The Balaban J connectivity index is 1.49. The molecule has 238 valence electrons. The van der Waals surface area contributed by atoms with E-state index in [4.69, 9.17) is 9.47 Å². The third kappa shape index (κ3) is 10.2. The monoisotopic (exact) mass is 615 g/mol. The zero-order chi connectivity index (χ0) is 32.0. The van der Waals surface area contributed by atoms with E-state index >= 15 is 0 Å². The fourth-order valence-corrected chi connectivity index (χ4v) is 5.49. The lowest BCUT2D eigenvalue weighted by Gasteiger charge is -2.28. The summed E-state index contributed by atoms with van der Waals surface area (Å²) < 4.78 is 10.6. The highest BCUT2D eigenvalue weighted by Gasteiger charge is 2.32. The first kappa shape index (κ1) is 33.3. The zero-order valence-electron chi connectivity index (χ0n) is 25.6. The number of carbonyl (C=O) groups excluding carboxylic acids is 5. The molecule has 3 aromatic carbocycles. The molecule has 10 nitrogen and oxygen atoms in total. The van der Waals surface area contributed by atoms with Gasteiger partial charge in [-0.25, -0.2) is 0 Å². The molecule has 3 aromatic rings. The largest absolute Gasteiger partial charge is 0.465 e. The van der Waals surface area contributed by atoms with Gasteiger partial charge in [0.25, 0.3) is 11.8 Å². The number of esters is 1. The molecular weight excluding hydrogens is 574 g/mol. The highest BCUT2D eigenvalue weighted by atomic mass is 16.5. The molecule has 0 aromatic heterocycles. The topological polar surface area (TPSA) is 140 Å². The molecule has 0 heterocycles. The molecule has 3 N–H and O–H groups in total. The zero-order valence-corrected chi connectivity index (χ0v) is 25.6. The van der Waals surface area contributed by atoms with Crippen LogP contribution in [0.1, 0.15) is 61.4 Å². The van der Waals surface area contributed by atoms with E-state index in [2.05, 4.69) is 16.0 Å². The summed E-state index contributed by atoms with van der Waals surface area (Å²) in [6, 6.07) is 20.0. The number of hydrogen-bond donors (Lipinski definition) is 3. The molecule has 10 heteroatoms. The molecule has 0 unspecified atom stereocenters. The van der Waals surface area contributed by atoms with E-state index < -0.39 is 48.1 Å². The van der Waals surface area contributed by atoms with Crippen LogP contribution in [0.5, 0.6) is 0 Å². The lowest BCUT2D eigenvalue weighted by molar-refractivity contribution is -0.146. The SMILES string of the molecule is CCOC(=O)CNC(=O)C(=O)[C@H](COCc1ccccc1)NC(=O)[C@@H](CC1CCCCC1)NC(=O)c1ccc2ccccc2c1. The number of benzene rings is 3. The van der Waals surface area contributed by atoms with Crippen molar-refractivity contribution in [1.82, 2.24) is 16.0 Å². The summed E-state index contributed by atoms with van der Waals surface area (Å²) >= 11 is 0. The number of ether oxygens (including phenoxy) is 2. The minimum absolute atomic E-state index is 0.127. The molecule has 0 bridgehead atoms. The van der Waals surface area contributed by atoms with Crippen LogP contribution in [0.2, 0.25) is 0 Å². The standard InChI is InChI=1S/C35H41N3O7/c1-2-45-31(39)21-36-35(43)32(40)30(23-44-22-25-13-7-4-8-14-25)38-34(42)29(19-24-11-5-3-6-12-24)37-33(41)28-18-17-26-15-9-10-16-27(26)20-28/h4,7-10,13-18,20,24,29-30H,2-3,5-6,11-12,19,21-23H2,1H3,(H,36,43)(H,37,41)(H,38,42)/t29-,30+/m1/s1. The number of amides is 3. The molecule has 0 aliphatic heterocycles. The molecular formula is C35H41N3O7. The molecule has 1 aliphatic carbocycles. The van der Waals surface area contributed by atoms with E-state index in [0.29, 0.717) is 12.0 Å². The van der Waals surface area contributed by atoms with Crippen molar-refractivity contribution >= 4 is 40.2 Å². The van der Waals surface area contributed by atoms with Crippen molar-refractivity contribution in [2.45, 2.75) is 64.1 Å². The molecule has 2 atom stereocenters. The summed E-state index contributed by atoms with van der Waals surface area (Å²) in [6.07, 6.45) is 5.50. The normalized spacial score (nSPS) is 14.6. The Hall–Kier alpha value is -4.57. The van der Waals surface area contributed by atoms with E-state index in [-0.39, 0.29) is 25.7 Å². The average molecular weight is 616 g/mol. The van der Waals surface area contributed by atoms with Gasteiger partial charge in [0.05, 0.1) is 19.8 Å². The molecule has 45 heavy (non-hydrogen) atoms. The van der Waals surface area contributed by atoms with Crippen molar-refractivity contribution in [3.05, 3.63) is 83.9 Å². The number of rotatable bonds is 15. The third-order valence-corrected chi connectivity index (χ3v) is 7.88. The van der Waals surface area contributed by atoms with Crippen molar-refractivity contribution < 1.29 is 33.4 Å². The van der Waals surface area contributed by atoms with Gasteiger partial charge in [-0.05, 0) is 47.7 Å². The molecule has 1 fully saturated rings. The van der Waals surface area contributed by atoms with Crippen molar-refractivity contribution in [3.8, 4) is 0 Å². The minimum Gasteiger partial charge on any atom is -0.465 e. The van der Waals surface area contributed by atoms with Crippen LogP contribution in [0.15, 0.2) is 72.8 Å². The predicted molar refractivity (Wildman–Crippen MR) is 169 cm³/mol. The van der Waals surface area contributed by atoms with Crippen LogP contribution in [-0.4, -0.2) is 61.3 Å². The first-order chi connectivity index (χ1) is 21.8. The lowest BCUT2D eigenvalue weighted by Crippen LogP contribution is -2.56. The second kappa shape index (κ2) is 17.1. The Morgan fingerprint density at radius 3 is 2.27 bits per heavy atom. The van der Waals surface area contributed by atoms with Crippen LogP contribution in [-0.2, 0) is 35.3 Å². The summed E-state index contributed by atoms with van der Waals surface area (Å²) in [4.78, 5) is 64.9. The van der Waals surface area contributed by atoms with E-state index in [0.717, 1.165) is 48.4 Å². The molecule has 4 rings (SSSR count). The highest BCUT2D eigenvalue weighted by Crippen LogP contribution is 2.27. The van der Waals surface area contributed by atoms with Crippen molar-refractivity contribution in [3.63, 3.8) is 0 Å². The Kier molecular flexibility index (Phi) is 12.6. The summed E-state index contributed by atoms with van der Waals surface area (Å²) in [5.41, 5.74) is 1.26. The number of hydrogen-bond acceptors (Lipinski definition) is 7. The molecule has 0 saturated heterocycles. The van der Waals surface area contributed by atoms with E-state index in [9.17, 15) is 24.0 Å². The Morgan fingerprint density at radius 2 is 1.53 bits per heavy atom. The van der Waals surface area contributed by atoms with Crippen molar-refractivity contribution in [2.75, 3.05) is 19.8 Å². The van der Waals surface area contributed by atoms with Gasteiger partial charge in [0.15, 0.2) is 0 Å². The summed E-state index contributed by atoms with van der Waals surface area (Å²) in [6.45, 7) is 1.12. The number of Topliss-reactive ketones (excluding diaryl/α,β-unsaturated/α-hetero) is 1. The van der Waals surface area contributed by atoms with Gasteiger partial charge >= 0.3 is 5.97 Å². The smallest absolute Gasteiger partial charge is 0.325 e. The van der Waals surface area contributed by atoms with Crippen LogP contribution in [0.25, 0.3) is 10.8 Å². The minimum atomic E-state index is -1.35. The highest BCUT2D eigenvalue weighted by molar-refractivity contribution is 6.38. The van der Waals surface area contributed by atoms with Crippen LogP contribution < -0.4 is 16.0 Å². The van der Waals surface area contributed by atoms with E-state index in [1.54, 1.807) is 19.1 Å². The maximum Gasteiger partial charge on any atom is 0.325 e. The van der Waals surface area contributed by atoms with E-state index in [1.165, 1.54) is 0 Å². The molecule has 0 radical (unpaired) electrons. The fourth-order valence-electron chi connectivity index (χ4n) is 5.49. The van der Waals surface area contributed by atoms with Crippen LogP contribution in [0.3, 0.4) is 0 Å². The van der Waals surface area contributed by atoms with Gasteiger partial charge in [0.1, 0.15) is 18.6 Å². The van der Waals surface area contributed by atoms with Gasteiger partial charge in [0, 0.05) is 5.56 Å². The van der Waals surface area contributed by atoms with Gasteiger partial charge in [-0.2, -0.15) is 0 Å². The van der Waals surface area contributed by atoms with Gasteiger partial charge < -0.3 is 25.4 Å². The maximum absolute atomic E-state index is 13.8. The maximum atomic E-state index is 13.8. The molecule has 1 aliphatic rings. The first-order valence-electron chi connectivity index (χ1n) is 15.5. The second-order valence-corrected chi connectivity index (χ2v) is 11.2. The average Bonchev–Trinajstić information content (AvgIpc) is 3.06. The van der Waals surface area contributed by atoms with Crippen molar-refractivity contribution in [2.24, 2.45) is 5.92 Å². The lowest BCUT2D eigenvalue weighted by atomic mass is 9.84. The number of fused-ring (bicyclic) bond motifs is 1. The fraction of sp³-hybridized carbons (Fsp3) is 0.400. The Labute approximate surface area is 263 Å². The molecule has 1 saturated carbocycles. The van der Waals surface area contributed by atoms with Gasteiger partial charge in [0.2, 0.25) is 11.7 Å². The second-order valence-electron chi connectivity index (χ2n) is 11.2. The third-order valence-electron chi connectivity index (χ3n) is 7.88. The Morgan fingerprint density at radius 1 is 0.822 bits per heavy atom. The van der Waals surface area contributed by atoms with Crippen LogP contribution in [0.4, 0.5) is 0 Å². The number of carbonyl (C=O) groups is 5. The number of nitrogens with one attached hydrogen (secondary N) is 3. The van der Waals surface area contributed by atoms with E-state index in [1.807, 2.05) is 60.7 Å². The number of ketones is 1. The van der Waals surface area contributed by atoms with Gasteiger partial charge in [-0.3, -0.25) is 24.0 Å².